The molecule has 1 saturated heterocycles. The molecule has 24 heavy (non-hydrogen) atoms. The minimum absolute atomic E-state index is 0.161. The van der Waals surface area contributed by atoms with Crippen LogP contribution >= 0.6 is 0 Å². The zero-order valence-corrected chi connectivity index (χ0v) is 14.0. The maximum atomic E-state index is 12.1. The van der Waals surface area contributed by atoms with Gasteiger partial charge in [-0.1, -0.05) is 49.7 Å². The van der Waals surface area contributed by atoms with Crippen molar-refractivity contribution in [1.82, 2.24) is 0 Å². The van der Waals surface area contributed by atoms with Gasteiger partial charge in [-0.05, 0) is 35.2 Å². The molecule has 0 bridgehead atoms. The smallest absolute Gasteiger partial charge is 0.255 e. The molecular formula is C20H23NO3. The number of aryl methyl sites for hydroxylation is 1. The molecule has 1 fully saturated rings. The van der Waals surface area contributed by atoms with Crippen molar-refractivity contribution in [2.45, 2.75) is 25.9 Å². The fourth-order valence-corrected chi connectivity index (χ4v) is 2.76. The Morgan fingerprint density at radius 3 is 2.29 bits per heavy atom. The molecule has 1 heterocycles. The van der Waals surface area contributed by atoms with E-state index in [2.05, 4.69) is 36.5 Å². The van der Waals surface area contributed by atoms with Gasteiger partial charge in [0.2, 0.25) is 0 Å². The summed E-state index contributed by atoms with van der Waals surface area (Å²) < 4.78 is 10.7. The molecule has 0 aromatic heterocycles. The number of benzene rings is 2. The van der Waals surface area contributed by atoms with Crippen molar-refractivity contribution in [3.63, 3.8) is 0 Å². The van der Waals surface area contributed by atoms with Crippen LogP contribution in [-0.2, 0) is 20.7 Å². The molecule has 1 atom stereocenters. The van der Waals surface area contributed by atoms with Crippen LogP contribution in [0.4, 0.5) is 5.69 Å². The fraction of sp³-hybridized carbons (Fsp3) is 0.350. The SMILES string of the molecule is CCCc1ccc(-c2ccc(NC(=O)C3COCCO3)cc2)cc1. The Kier molecular flexibility index (Phi) is 5.62. The van der Waals surface area contributed by atoms with Crippen molar-refractivity contribution < 1.29 is 14.3 Å². The molecule has 0 aliphatic carbocycles. The lowest BCUT2D eigenvalue weighted by Gasteiger charge is -2.22. The van der Waals surface area contributed by atoms with E-state index in [1.165, 1.54) is 11.1 Å². The van der Waals surface area contributed by atoms with Crippen molar-refractivity contribution in [3.8, 4) is 11.1 Å². The van der Waals surface area contributed by atoms with Gasteiger partial charge in [0.25, 0.3) is 5.91 Å². The Morgan fingerprint density at radius 1 is 1.04 bits per heavy atom. The summed E-state index contributed by atoms with van der Waals surface area (Å²) in [4.78, 5) is 12.1. The molecule has 0 spiro atoms. The monoisotopic (exact) mass is 325 g/mol. The van der Waals surface area contributed by atoms with E-state index in [-0.39, 0.29) is 5.91 Å². The number of nitrogens with one attached hydrogen (secondary N) is 1. The van der Waals surface area contributed by atoms with Crippen LogP contribution in [0.1, 0.15) is 18.9 Å². The zero-order valence-electron chi connectivity index (χ0n) is 14.0. The molecule has 4 heteroatoms. The Morgan fingerprint density at radius 2 is 1.71 bits per heavy atom. The van der Waals surface area contributed by atoms with E-state index < -0.39 is 6.10 Å². The average Bonchev–Trinajstić information content (AvgIpc) is 2.64. The summed E-state index contributed by atoms with van der Waals surface area (Å²) in [5, 5.41) is 2.87. The van der Waals surface area contributed by atoms with Crippen molar-refractivity contribution in [3.05, 3.63) is 54.1 Å². The molecule has 126 valence electrons. The van der Waals surface area contributed by atoms with E-state index in [1.807, 2.05) is 24.3 Å². The second-order valence-electron chi connectivity index (χ2n) is 5.95. The highest BCUT2D eigenvalue weighted by atomic mass is 16.6. The molecule has 1 amide bonds. The van der Waals surface area contributed by atoms with Gasteiger partial charge in [0.1, 0.15) is 0 Å². The maximum Gasteiger partial charge on any atom is 0.255 e. The van der Waals surface area contributed by atoms with Crippen LogP contribution in [0.3, 0.4) is 0 Å². The molecule has 2 aromatic rings. The van der Waals surface area contributed by atoms with Crippen molar-refractivity contribution in [1.29, 1.82) is 0 Å². The first kappa shape index (κ1) is 16.7. The molecular weight excluding hydrogens is 302 g/mol. The molecule has 0 radical (unpaired) electrons. The molecule has 3 rings (SSSR count). The zero-order chi connectivity index (χ0) is 16.8. The summed E-state index contributed by atoms with van der Waals surface area (Å²) in [5.74, 6) is -0.161. The molecule has 0 saturated carbocycles. The Balaban J connectivity index is 1.63. The largest absolute Gasteiger partial charge is 0.376 e. The Bertz CT molecular complexity index is 658. The number of amides is 1. The summed E-state index contributed by atoms with van der Waals surface area (Å²) in [7, 11) is 0. The number of hydrogen-bond donors (Lipinski definition) is 1. The Labute approximate surface area is 142 Å². The third-order valence-corrected chi connectivity index (χ3v) is 4.09. The number of carbonyl (C=O) groups is 1. The van der Waals surface area contributed by atoms with Crippen LogP contribution in [0.15, 0.2) is 48.5 Å². The van der Waals surface area contributed by atoms with E-state index in [4.69, 9.17) is 9.47 Å². The summed E-state index contributed by atoms with van der Waals surface area (Å²) >= 11 is 0. The van der Waals surface area contributed by atoms with Crippen molar-refractivity contribution >= 4 is 11.6 Å². The summed E-state index contributed by atoms with van der Waals surface area (Å²) in [6, 6.07) is 16.5. The molecule has 1 N–H and O–H groups in total. The number of anilines is 1. The van der Waals surface area contributed by atoms with E-state index in [0.717, 1.165) is 24.1 Å². The van der Waals surface area contributed by atoms with Crippen molar-refractivity contribution in [2.75, 3.05) is 25.1 Å². The highest BCUT2D eigenvalue weighted by Gasteiger charge is 2.22. The van der Waals surface area contributed by atoms with E-state index in [0.29, 0.717) is 19.8 Å². The van der Waals surface area contributed by atoms with E-state index in [1.54, 1.807) is 0 Å². The quantitative estimate of drug-likeness (QED) is 0.912. The molecule has 1 unspecified atom stereocenters. The maximum absolute atomic E-state index is 12.1. The normalized spacial score (nSPS) is 17.5. The van der Waals surface area contributed by atoms with Gasteiger partial charge in [-0.25, -0.2) is 0 Å². The van der Waals surface area contributed by atoms with Crippen LogP contribution in [0, 0.1) is 0 Å². The van der Waals surface area contributed by atoms with Gasteiger partial charge in [0, 0.05) is 5.69 Å². The topological polar surface area (TPSA) is 47.6 Å². The van der Waals surface area contributed by atoms with E-state index in [9.17, 15) is 4.79 Å². The summed E-state index contributed by atoms with van der Waals surface area (Å²) in [6.45, 7) is 3.51. The second-order valence-corrected chi connectivity index (χ2v) is 5.95. The van der Waals surface area contributed by atoms with Gasteiger partial charge in [-0.3, -0.25) is 4.79 Å². The lowest BCUT2D eigenvalue weighted by molar-refractivity contribution is -0.142. The first-order valence-corrected chi connectivity index (χ1v) is 8.46. The molecule has 4 nitrogen and oxygen atoms in total. The van der Waals surface area contributed by atoms with Gasteiger partial charge in [-0.2, -0.15) is 0 Å². The lowest BCUT2D eigenvalue weighted by Crippen LogP contribution is -2.39. The molecule has 1 aliphatic rings. The van der Waals surface area contributed by atoms with Gasteiger partial charge < -0.3 is 14.8 Å². The third kappa shape index (κ3) is 4.22. The fourth-order valence-electron chi connectivity index (χ4n) is 2.76. The standard InChI is InChI=1S/C20H23NO3/c1-2-3-15-4-6-16(7-5-15)17-8-10-18(11-9-17)21-20(22)19-14-23-12-13-24-19/h4-11,19H,2-3,12-14H2,1H3,(H,21,22). The predicted octanol–water partition coefficient (Wildman–Crippen LogP) is 3.66. The first-order chi connectivity index (χ1) is 11.8. The molecule has 1 aliphatic heterocycles. The number of carbonyl (C=O) groups excluding carboxylic acids is 1. The summed E-state index contributed by atoms with van der Waals surface area (Å²) in [6.07, 6.45) is 1.74. The number of rotatable bonds is 5. The van der Waals surface area contributed by atoms with Crippen molar-refractivity contribution in [2.24, 2.45) is 0 Å². The highest BCUT2D eigenvalue weighted by molar-refractivity contribution is 5.94. The minimum atomic E-state index is -0.524. The minimum Gasteiger partial charge on any atom is -0.376 e. The number of ether oxygens (including phenoxy) is 2. The molecule has 2 aromatic carbocycles. The van der Waals surface area contributed by atoms with E-state index >= 15 is 0 Å². The third-order valence-electron chi connectivity index (χ3n) is 4.09. The van der Waals surface area contributed by atoms with Gasteiger partial charge in [0.05, 0.1) is 19.8 Å². The van der Waals surface area contributed by atoms with Gasteiger partial charge in [0.15, 0.2) is 6.10 Å². The van der Waals surface area contributed by atoms with Crippen LogP contribution in [0.25, 0.3) is 11.1 Å². The second kappa shape index (κ2) is 8.08. The number of hydrogen-bond acceptors (Lipinski definition) is 3. The lowest BCUT2D eigenvalue weighted by atomic mass is 10.0. The average molecular weight is 325 g/mol. The first-order valence-electron chi connectivity index (χ1n) is 8.46. The highest BCUT2D eigenvalue weighted by Crippen LogP contribution is 2.22. The van der Waals surface area contributed by atoms with Crippen LogP contribution in [-0.4, -0.2) is 31.8 Å². The Hall–Kier alpha value is -2.17. The van der Waals surface area contributed by atoms with Crippen LogP contribution in [0.5, 0.6) is 0 Å². The summed E-state index contributed by atoms with van der Waals surface area (Å²) in [5.41, 5.74) is 4.44. The van der Waals surface area contributed by atoms with Crippen LogP contribution in [0.2, 0.25) is 0 Å². The van der Waals surface area contributed by atoms with Gasteiger partial charge >= 0.3 is 0 Å². The van der Waals surface area contributed by atoms with Gasteiger partial charge in [-0.15, -0.1) is 0 Å². The predicted molar refractivity (Wildman–Crippen MR) is 95.1 cm³/mol. The van der Waals surface area contributed by atoms with Crippen LogP contribution < -0.4 is 5.32 Å².